The van der Waals surface area contributed by atoms with Gasteiger partial charge < -0.3 is 10.1 Å². The van der Waals surface area contributed by atoms with Crippen LogP contribution in [0.25, 0.3) is 11.0 Å². The van der Waals surface area contributed by atoms with Crippen LogP contribution in [0.4, 0.5) is 0 Å². The first-order valence-electron chi connectivity index (χ1n) is 4.95. The van der Waals surface area contributed by atoms with Crippen molar-refractivity contribution in [1.82, 2.24) is 9.97 Å². The highest BCUT2D eigenvalue weighted by Gasteiger charge is 2.14. The lowest BCUT2D eigenvalue weighted by Gasteiger charge is -1.97. The number of carboxylic acid groups (broad SMARTS) is 1. The third-order valence-corrected chi connectivity index (χ3v) is 2.80. The molecule has 0 saturated carbocycles. The molecule has 0 radical (unpaired) electrons. The van der Waals surface area contributed by atoms with Gasteiger partial charge in [-0.2, -0.15) is 0 Å². The Labute approximate surface area is 105 Å². The minimum absolute atomic E-state index is 0.00516. The van der Waals surface area contributed by atoms with E-state index in [9.17, 15) is 9.59 Å². The molecule has 0 aliphatic rings. The van der Waals surface area contributed by atoms with Crippen LogP contribution in [0.15, 0.2) is 22.9 Å². The van der Waals surface area contributed by atoms with Crippen molar-refractivity contribution in [3.8, 4) is 0 Å². The summed E-state index contributed by atoms with van der Waals surface area (Å²) >= 11 is 3.28. The molecule has 0 saturated heterocycles. The van der Waals surface area contributed by atoms with Gasteiger partial charge in [0.2, 0.25) is 0 Å². The number of carbonyl (C=O) groups excluding carboxylic acids is 1. The quantitative estimate of drug-likeness (QED) is 0.849. The van der Waals surface area contributed by atoms with Gasteiger partial charge in [0.15, 0.2) is 5.78 Å². The lowest BCUT2D eigenvalue weighted by molar-refractivity contribution is -0.136. The zero-order valence-corrected chi connectivity index (χ0v) is 10.3. The predicted molar refractivity (Wildman–Crippen MR) is 65.0 cm³/mol. The monoisotopic (exact) mass is 296 g/mol. The number of aromatic nitrogens is 2. The maximum absolute atomic E-state index is 11.8. The number of hydrogen-bond acceptors (Lipinski definition) is 3. The number of pyridine rings is 1. The number of fused-ring (bicyclic) bond motifs is 1. The molecule has 0 spiro atoms. The second kappa shape index (κ2) is 4.67. The number of aromatic amines is 1. The molecular formula is C11H9BrN2O3. The van der Waals surface area contributed by atoms with Crippen LogP contribution < -0.4 is 0 Å². The molecule has 0 aliphatic carbocycles. The molecule has 0 amide bonds. The molecular weight excluding hydrogens is 288 g/mol. The number of ketones is 1. The third-order valence-electron chi connectivity index (χ3n) is 2.36. The Morgan fingerprint density at radius 1 is 1.41 bits per heavy atom. The van der Waals surface area contributed by atoms with Crippen LogP contribution in [0.5, 0.6) is 0 Å². The number of rotatable bonds is 4. The molecule has 0 aliphatic heterocycles. The number of nitrogens with zero attached hydrogens (tertiary/aromatic N) is 1. The molecule has 0 bridgehead atoms. The van der Waals surface area contributed by atoms with Crippen molar-refractivity contribution < 1.29 is 14.7 Å². The Morgan fingerprint density at radius 2 is 2.18 bits per heavy atom. The Hall–Kier alpha value is -1.69. The normalized spacial score (nSPS) is 10.6. The van der Waals surface area contributed by atoms with Gasteiger partial charge in [-0.1, -0.05) is 0 Å². The van der Waals surface area contributed by atoms with Crippen LogP contribution in [0.3, 0.4) is 0 Å². The van der Waals surface area contributed by atoms with E-state index in [4.69, 9.17) is 5.11 Å². The highest BCUT2D eigenvalue weighted by molar-refractivity contribution is 9.10. The number of hydrogen-bond donors (Lipinski definition) is 2. The van der Waals surface area contributed by atoms with Crippen molar-refractivity contribution >= 4 is 38.7 Å². The van der Waals surface area contributed by atoms with Crippen LogP contribution in [0, 0.1) is 0 Å². The molecule has 5 nitrogen and oxygen atoms in total. The van der Waals surface area contributed by atoms with Gasteiger partial charge in [-0.15, -0.1) is 0 Å². The van der Waals surface area contributed by atoms with Gasteiger partial charge in [0.05, 0.1) is 6.42 Å². The lowest BCUT2D eigenvalue weighted by atomic mass is 10.1. The summed E-state index contributed by atoms with van der Waals surface area (Å²) in [4.78, 5) is 29.2. The molecule has 0 aromatic carbocycles. The number of carbonyl (C=O) groups is 2. The summed E-state index contributed by atoms with van der Waals surface area (Å²) in [6.07, 6.45) is 3.03. The molecule has 2 rings (SSSR count). The van der Waals surface area contributed by atoms with Crippen molar-refractivity contribution in [2.75, 3.05) is 0 Å². The summed E-state index contributed by atoms with van der Waals surface area (Å²) in [7, 11) is 0. The molecule has 2 N–H and O–H groups in total. The molecule has 6 heteroatoms. The molecule has 2 aromatic rings. The van der Waals surface area contributed by atoms with Gasteiger partial charge in [-0.25, -0.2) is 4.98 Å². The largest absolute Gasteiger partial charge is 0.481 e. The topological polar surface area (TPSA) is 83.0 Å². The van der Waals surface area contributed by atoms with Crippen molar-refractivity contribution in [2.45, 2.75) is 12.8 Å². The summed E-state index contributed by atoms with van der Waals surface area (Å²) in [6.45, 7) is 0. The van der Waals surface area contributed by atoms with Crippen LogP contribution >= 0.6 is 15.9 Å². The Morgan fingerprint density at radius 3 is 2.88 bits per heavy atom. The van der Waals surface area contributed by atoms with Gasteiger partial charge in [-0.3, -0.25) is 9.59 Å². The van der Waals surface area contributed by atoms with E-state index in [1.165, 1.54) is 0 Å². The van der Waals surface area contributed by atoms with Crippen LogP contribution in [-0.2, 0) is 4.79 Å². The predicted octanol–water partition coefficient (Wildman–Crippen LogP) is 2.37. The van der Waals surface area contributed by atoms with Crippen molar-refractivity contribution in [1.29, 1.82) is 0 Å². The number of Topliss-reactive ketones (excluding diaryl/α,β-unsaturated/α-hetero) is 1. The molecule has 17 heavy (non-hydrogen) atoms. The minimum Gasteiger partial charge on any atom is -0.481 e. The third kappa shape index (κ3) is 2.52. The standard InChI is InChI=1S/C11H9BrN2O3/c12-6-3-7-8(5-14-11(7)13-4-6)9(15)1-2-10(16)17/h3-5H,1-2H2,(H,13,14)(H,16,17). The highest BCUT2D eigenvalue weighted by Crippen LogP contribution is 2.21. The first-order chi connectivity index (χ1) is 8.08. The van der Waals surface area contributed by atoms with Crippen LogP contribution in [0.1, 0.15) is 23.2 Å². The van der Waals surface area contributed by atoms with Gasteiger partial charge in [-0.05, 0) is 22.0 Å². The average molecular weight is 297 g/mol. The van der Waals surface area contributed by atoms with E-state index >= 15 is 0 Å². The van der Waals surface area contributed by atoms with Crippen LogP contribution in [0.2, 0.25) is 0 Å². The SMILES string of the molecule is O=C(O)CCC(=O)c1c[nH]c2ncc(Br)cc12. The average Bonchev–Trinajstić information content (AvgIpc) is 2.68. The number of H-pyrrole nitrogens is 1. The molecule has 0 unspecified atom stereocenters. The lowest BCUT2D eigenvalue weighted by Crippen LogP contribution is -2.03. The Bertz CT molecular complexity index is 591. The van der Waals surface area contributed by atoms with E-state index in [0.29, 0.717) is 16.6 Å². The van der Waals surface area contributed by atoms with Crippen molar-refractivity contribution in [2.24, 2.45) is 0 Å². The molecule has 2 heterocycles. The second-order valence-electron chi connectivity index (χ2n) is 3.57. The molecule has 0 atom stereocenters. The van der Waals surface area contributed by atoms with Crippen LogP contribution in [-0.4, -0.2) is 26.8 Å². The zero-order chi connectivity index (χ0) is 12.4. The van der Waals surface area contributed by atoms with E-state index in [2.05, 4.69) is 25.9 Å². The van der Waals surface area contributed by atoms with Gasteiger partial charge in [0, 0.05) is 34.2 Å². The molecule has 88 valence electrons. The number of nitrogens with one attached hydrogen (secondary N) is 1. The maximum atomic E-state index is 11.8. The first kappa shape index (κ1) is 11.8. The van der Waals surface area contributed by atoms with Crippen molar-refractivity contribution in [3.63, 3.8) is 0 Å². The summed E-state index contributed by atoms with van der Waals surface area (Å²) < 4.78 is 0.775. The van der Waals surface area contributed by atoms with E-state index in [1.807, 2.05) is 0 Å². The summed E-state index contributed by atoms with van der Waals surface area (Å²) in [5.74, 6) is -1.17. The van der Waals surface area contributed by atoms with E-state index in [-0.39, 0.29) is 18.6 Å². The Kier molecular flexibility index (Phi) is 3.23. The first-order valence-corrected chi connectivity index (χ1v) is 5.75. The minimum atomic E-state index is -0.975. The highest BCUT2D eigenvalue weighted by atomic mass is 79.9. The number of carboxylic acids is 1. The number of aliphatic carboxylic acids is 1. The van der Waals surface area contributed by atoms with E-state index < -0.39 is 5.97 Å². The van der Waals surface area contributed by atoms with Gasteiger partial charge in [0.1, 0.15) is 5.65 Å². The van der Waals surface area contributed by atoms with E-state index in [0.717, 1.165) is 4.47 Å². The summed E-state index contributed by atoms with van der Waals surface area (Å²) in [5.41, 5.74) is 1.10. The smallest absolute Gasteiger partial charge is 0.303 e. The van der Waals surface area contributed by atoms with E-state index in [1.54, 1.807) is 18.5 Å². The zero-order valence-electron chi connectivity index (χ0n) is 8.74. The Balaban J connectivity index is 2.32. The fourth-order valence-corrected chi connectivity index (χ4v) is 1.90. The molecule has 2 aromatic heterocycles. The van der Waals surface area contributed by atoms with Gasteiger partial charge >= 0.3 is 5.97 Å². The summed E-state index contributed by atoms with van der Waals surface area (Å²) in [6, 6.07) is 1.78. The van der Waals surface area contributed by atoms with Gasteiger partial charge in [0.25, 0.3) is 0 Å². The maximum Gasteiger partial charge on any atom is 0.303 e. The number of halogens is 1. The fraction of sp³-hybridized carbons (Fsp3) is 0.182. The molecule has 0 fully saturated rings. The second-order valence-corrected chi connectivity index (χ2v) is 4.48. The summed E-state index contributed by atoms with van der Waals surface area (Å²) in [5, 5.41) is 9.24. The fourth-order valence-electron chi connectivity index (χ4n) is 1.56. The van der Waals surface area contributed by atoms with Crippen molar-refractivity contribution in [3.05, 3.63) is 28.5 Å².